The molecule has 2 N–H and O–H groups in total. The molecule has 2 atom stereocenters. The van der Waals surface area contributed by atoms with E-state index in [1.165, 1.54) is 0 Å². The third-order valence-corrected chi connectivity index (χ3v) is 2.73. The lowest BCUT2D eigenvalue weighted by molar-refractivity contribution is -0.127. The van der Waals surface area contributed by atoms with Gasteiger partial charge in [-0.2, -0.15) is 0 Å². The van der Waals surface area contributed by atoms with Crippen LogP contribution in [-0.2, 0) is 9.53 Å². The van der Waals surface area contributed by atoms with E-state index >= 15 is 0 Å². The second-order valence-electron chi connectivity index (χ2n) is 4.42. The molecule has 0 heterocycles. The molecular formula is C11H21NO3. The average Bonchev–Trinajstić information content (AvgIpc) is 2.58. The molecule has 0 aromatic rings. The SMILES string of the molecule is CC(C)OCC(=O)NCC1CCCC1O. The maximum absolute atomic E-state index is 11.3. The van der Waals surface area contributed by atoms with Crippen LogP contribution in [0.1, 0.15) is 33.1 Å². The summed E-state index contributed by atoms with van der Waals surface area (Å²) < 4.78 is 5.17. The summed E-state index contributed by atoms with van der Waals surface area (Å²) in [7, 11) is 0. The second-order valence-corrected chi connectivity index (χ2v) is 4.42. The van der Waals surface area contributed by atoms with E-state index in [-0.39, 0.29) is 30.6 Å². The third-order valence-electron chi connectivity index (χ3n) is 2.73. The third kappa shape index (κ3) is 4.62. The van der Waals surface area contributed by atoms with Gasteiger partial charge in [-0.1, -0.05) is 6.42 Å². The zero-order valence-electron chi connectivity index (χ0n) is 9.53. The fourth-order valence-electron chi connectivity index (χ4n) is 1.79. The van der Waals surface area contributed by atoms with Crippen molar-refractivity contribution < 1.29 is 14.6 Å². The van der Waals surface area contributed by atoms with Crippen LogP contribution in [0.5, 0.6) is 0 Å². The standard InChI is InChI=1S/C11H21NO3/c1-8(2)15-7-11(14)12-6-9-4-3-5-10(9)13/h8-10,13H,3-7H2,1-2H3,(H,12,14). The van der Waals surface area contributed by atoms with Gasteiger partial charge >= 0.3 is 0 Å². The fraction of sp³-hybridized carbons (Fsp3) is 0.909. The zero-order chi connectivity index (χ0) is 11.3. The quantitative estimate of drug-likeness (QED) is 0.709. The number of rotatable bonds is 5. The molecule has 0 bridgehead atoms. The first-order valence-corrected chi connectivity index (χ1v) is 5.66. The fourth-order valence-corrected chi connectivity index (χ4v) is 1.79. The normalized spacial score (nSPS) is 25.9. The minimum Gasteiger partial charge on any atom is -0.393 e. The largest absolute Gasteiger partial charge is 0.393 e. The van der Waals surface area contributed by atoms with Crippen molar-refractivity contribution in [3.05, 3.63) is 0 Å². The Kier molecular flexibility index (Phi) is 5.05. The number of amides is 1. The summed E-state index contributed by atoms with van der Waals surface area (Å²) in [6.07, 6.45) is 2.77. The van der Waals surface area contributed by atoms with Crippen molar-refractivity contribution in [2.24, 2.45) is 5.92 Å². The first-order chi connectivity index (χ1) is 7.09. The minimum absolute atomic E-state index is 0.0767. The van der Waals surface area contributed by atoms with Crippen molar-refractivity contribution in [2.75, 3.05) is 13.2 Å². The molecule has 15 heavy (non-hydrogen) atoms. The van der Waals surface area contributed by atoms with E-state index in [9.17, 15) is 9.90 Å². The molecule has 0 saturated heterocycles. The van der Waals surface area contributed by atoms with Crippen LogP contribution in [0, 0.1) is 5.92 Å². The molecule has 1 amide bonds. The number of hydrogen-bond donors (Lipinski definition) is 2. The number of aliphatic hydroxyl groups excluding tert-OH is 1. The van der Waals surface area contributed by atoms with E-state index in [1.807, 2.05) is 13.8 Å². The van der Waals surface area contributed by atoms with Gasteiger partial charge in [0.15, 0.2) is 0 Å². The number of aliphatic hydroxyl groups is 1. The highest BCUT2D eigenvalue weighted by Crippen LogP contribution is 2.24. The molecule has 1 fully saturated rings. The van der Waals surface area contributed by atoms with E-state index < -0.39 is 0 Å². The van der Waals surface area contributed by atoms with E-state index in [1.54, 1.807) is 0 Å². The highest BCUT2D eigenvalue weighted by Gasteiger charge is 2.25. The molecule has 0 aromatic carbocycles. The number of hydrogen-bond acceptors (Lipinski definition) is 3. The van der Waals surface area contributed by atoms with Crippen LogP contribution in [0.2, 0.25) is 0 Å². The van der Waals surface area contributed by atoms with Crippen molar-refractivity contribution in [3.8, 4) is 0 Å². The Balaban J connectivity index is 2.11. The van der Waals surface area contributed by atoms with Gasteiger partial charge in [0.1, 0.15) is 6.61 Å². The van der Waals surface area contributed by atoms with Crippen LogP contribution in [0.15, 0.2) is 0 Å². The summed E-state index contributed by atoms with van der Waals surface area (Å²) >= 11 is 0. The highest BCUT2D eigenvalue weighted by atomic mass is 16.5. The zero-order valence-corrected chi connectivity index (χ0v) is 9.53. The Labute approximate surface area is 91.0 Å². The van der Waals surface area contributed by atoms with Gasteiger partial charge in [-0.05, 0) is 26.7 Å². The number of carbonyl (C=O) groups is 1. The Hall–Kier alpha value is -0.610. The molecule has 1 saturated carbocycles. The second kappa shape index (κ2) is 6.08. The lowest BCUT2D eigenvalue weighted by atomic mass is 10.1. The van der Waals surface area contributed by atoms with Gasteiger partial charge < -0.3 is 15.2 Å². The Morgan fingerprint density at radius 3 is 2.80 bits per heavy atom. The van der Waals surface area contributed by atoms with Crippen LogP contribution in [0.3, 0.4) is 0 Å². The molecule has 88 valence electrons. The molecule has 1 aliphatic rings. The first-order valence-electron chi connectivity index (χ1n) is 5.66. The molecule has 0 radical (unpaired) electrons. The van der Waals surface area contributed by atoms with E-state index in [0.29, 0.717) is 6.54 Å². The van der Waals surface area contributed by atoms with Crippen molar-refractivity contribution in [1.29, 1.82) is 0 Å². The summed E-state index contributed by atoms with van der Waals surface area (Å²) in [6.45, 7) is 4.48. The van der Waals surface area contributed by atoms with Gasteiger partial charge in [0.25, 0.3) is 0 Å². The average molecular weight is 215 g/mol. The number of carbonyl (C=O) groups excluding carboxylic acids is 1. The molecule has 0 aliphatic heterocycles. The Morgan fingerprint density at radius 2 is 2.27 bits per heavy atom. The number of ether oxygens (including phenoxy) is 1. The van der Waals surface area contributed by atoms with Gasteiger partial charge in [-0.3, -0.25) is 4.79 Å². The van der Waals surface area contributed by atoms with Crippen LogP contribution in [0.4, 0.5) is 0 Å². The summed E-state index contributed by atoms with van der Waals surface area (Å²) in [6, 6.07) is 0. The summed E-state index contributed by atoms with van der Waals surface area (Å²) in [5, 5.41) is 12.3. The van der Waals surface area contributed by atoms with Gasteiger partial charge in [0.05, 0.1) is 12.2 Å². The predicted molar refractivity (Wildman–Crippen MR) is 57.4 cm³/mol. The Bertz CT molecular complexity index is 206. The summed E-state index contributed by atoms with van der Waals surface area (Å²) in [5.74, 6) is 0.135. The van der Waals surface area contributed by atoms with E-state index in [2.05, 4.69) is 5.32 Å². The van der Waals surface area contributed by atoms with Crippen LogP contribution in [-0.4, -0.2) is 36.4 Å². The topological polar surface area (TPSA) is 58.6 Å². The Morgan fingerprint density at radius 1 is 1.53 bits per heavy atom. The van der Waals surface area contributed by atoms with E-state index in [0.717, 1.165) is 19.3 Å². The lowest BCUT2D eigenvalue weighted by Gasteiger charge is -2.15. The number of nitrogens with one attached hydrogen (secondary N) is 1. The highest BCUT2D eigenvalue weighted by molar-refractivity contribution is 5.77. The maximum atomic E-state index is 11.3. The molecule has 4 nitrogen and oxygen atoms in total. The summed E-state index contributed by atoms with van der Waals surface area (Å²) in [4.78, 5) is 11.3. The minimum atomic E-state index is -0.240. The van der Waals surface area contributed by atoms with Gasteiger partial charge in [0, 0.05) is 12.5 Å². The van der Waals surface area contributed by atoms with Crippen molar-refractivity contribution in [1.82, 2.24) is 5.32 Å². The monoisotopic (exact) mass is 215 g/mol. The lowest BCUT2D eigenvalue weighted by Crippen LogP contribution is -2.35. The van der Waals surface area contributed by atoms with Crippen LogP contribution >= 0.6 is 0 Å². The van der Waals surface area contributed by atoms with Crippen molar-refractivity contribution in [2.45, 2.75) is 45.3 Å². The van der Waals surface area contributed by atoms with Crippen molar-refractivity contribution in [3.63, 3.8) is 0 Å². The molecular weight excluding hydrogens is 194 g/mol. The van der Waals surface area contributed by atoms with Crippen LogP contribution in [0.25, 0.3) is 0 Å². The molecule has 2 unspecified atom stereocenters. The van der Waals surface area contributed by atoms with Gasteiger partial charge in [0.2, 0.25) is 5.91 Å². The first kappa shape index (κ1) is 12.5. The predicted octanol–water partition coefficient (Wildman–Crippen LogP) is 0.689. The smallest absolute Gasteiger partial charge is 0.246 e. The van der Waals surface area contributed by atoms with Gasteiger partial charge in [-0.15, -0.1) is 0 Å². The molecule has 0 spiro atoms. The van der Waals surface area contributed by atoms with E-state index in [4.69, 9.17) is 4.74 Å². The molecule has 1 rings (SSSR count). The molecule has 4 heteroatoms. The maximum Gasteiger partial charge on any atom is 0.246 e. The summed E-state index contributed by atoms with van der Waals surface area (Å²) in [5.41, 5.74) is 0. The molecule has 0 aromatic heterocycles. The molecule has 1 aliphatic carbocycles. The van der Waals surface area contributed by atoms with Gasteiger partial charge in [-0.25, -0.2) is 0 Å². The van der Waals surface area contributed by atoms with Crippen molar-refractivity contribution >= 4 is 5.91 Å². The van der Waals surface area contributed by atoms with Crippen LogP contribution < -0.4 is 5.32 Å².